The van der Waals surface area contributed by atoms with E-state index in [0.29, 0.717) is 17.3 Å². The Hall–Kier alpha value is -2.57. The zero-order valence-electron chi connectivity index (χ0n) is 13.7. The van der Waals surface area contributed by atoms with Gasteiger partial charge in [-0.1, -0.05) is 71.0 Å². The fraction of sp³-hybridized carbons (Fsp3) is 0.105. The van der Waals surface area contributed by atoms with E-state index in [1.165, 1.54) is 5.56 Å². The zero-order valence-corrected chi connectivity index (χ0v) is 15.3. The van der Waals surface area contributed by atoms with Gasteiger partial charge in [-0.05, 0) is 17.7 Å². The molecule has 0 N–H and O–H groups in total. The Bertz CT molecular complexity index is 986. The molecule has 0 aliphatic rings. The molecule has 0 radical (unpaired) electrons. The molecular formula is C19H15ClN4OS. The highest BCUT2D eigenvalue weighted by Gasteiger charge is 2.17. The topological polar surface area (TPSA) is 56.7 Å². The molecule has 5 nitrogen and oxygen atoms in total. The van der Waals surface area contributed by atoms with Crippen LogP contribution in [-0.4, -0.2) is 19.9 Å². The van der Waals surface area contributed by atoms with Gasteiger partial charge < -0.3 is 4.52 Å². The largest absolute Gasteiger partial charge is 0.364 e. The monoisotopic (exact) mass is 382 g/mol. The molecule has 0 saturated carbocycles. The lowest BCUT2D eigenvalue weighted by atomic mass is 10.2. The Balaban J connectivity index is 1.70. The Morgan fingerprint density at radius 3 is 2.54 bits per heavy atom. The third-order valence-electron chi connectivity index (χ3n) is 3.86. The molecule has 0 spiro atoms. The molecular weight excluding hydrogens is 368 g/mol. The first kappa shape index (κ1) is 16.9. The number of hydrogen-bond donors (Lipinski definition) is 0. The van der Waals surface area contributed by atoms with Gasteiger partial charge in [0.25, 0.3) is 0 Å². The molecule has 0 aliphatic carbocycles. The van der Waals surface area contributed by atoms with Crippen molar-refractivity contribution in [2.24, 2.45) is 0 Å². The number of rotatable bonds is 6. The van der Waals surface area contributed by atoms with Crippen molar-refractivity contribution in [2.75, 3.05) is 0 Å². The number of halogens is 1. The van der Waals surface area contributed by atoms with Gasteiger partial charge in [-0.3, -0.25) is 4.57 Å². The number of thioether (sulfide) groups is 1. The van der Waals surface area contributed by atoms with Gasteiger partial charge in [-0.15, -0.1) is 10.2 Å². The van der Waals surface area contributed by atoms with Crippen LogP contribution in [0.4, 0.5) is 0 Å². The molecule has 0 aliphatic heterocycles. The van der Waals surface area contributed by atoms with E-state index in [1.807, 2.05) is 48.5 Å². The van der Waals surface area contributed by atoms with Crippen LogP contribution in [0.25, 0.3) is 11.4 Å². The number of hydrogen-bond acceptors (Lipinski definition) is 5. The van der Waals surface area contributed by atoms with Crippen LogP contribution in [0.15, 0.2) is 76.6 Å². The predicted molar refractivity (Wildman–Crippen MR) is 102 cm³/mol. The fourth-order valence-corrected chi connectivity index (χ4v) is 3.65. The molecule has 0 fully saturated rings. The first-order valence-electron chi connectivity index (χ1n) is 8.05. The van der Waals surface area contributed by atoms with Gasteiger partial charge in [0.15, 0.2) is 11.0 Å². The van der Waals surface area contributed by atoms with Crippen LogP contribution in [-0.2, 0) is 12.3 Å². The molecule has 0 bridgehead atoms. The summed E-state index contributed by atoms with van der Waals surface area (Å²) in [6.45, 7) is 0.662. The number of aromatic nitrogens is 4. The molecule has 130 valence electrons. The van der Waals surface area contributed by atoms with Crippen LogP contribution in [0.2, 0.25) is 5.02 Å². The van der Waals surface area contributed by atoms with Gasteiger partial charge in [0.2, 0.25) is 0 Å². The Morgan fingerprint density at radius 2 is 1.77 bits per heavy atom. The minimum atomic E-state index is 0.655. The van der Waals surface area contributed by atoms with Crippen molar-refractivity contribution in [2.45, 2.75) is 17.5 Å². The van der Waals surface area contributed by atoms with Gasteiger partial charge in [0, 0.05) is 17.4 Å². The van der Waals surface area contributed by atoms with Gasteiger partial charge in [0.05, 0.1) is 17.3 Å². The molecule has 26 heavy (non-hydrogen) atoms. The Kier molecular flexibility index (Phi) is 5.04. The van der Waals surface area contributed by atoms with Crippen LogP contribution in [0.3, 0.4) is 0 Å². The van der Waals surface area contributed by atoms with Crippen molar-refractivity contribution in [3.63, 3.8) is 0 Å². The molecule has 0 atom stereocenters. The molecule has 4 aromatic rings. The van der Waals surface area contributed by atoms with Gasteiger partial charge in [-0.25, -0.2) is 0 Å². The van der Waals surface area contributed by atoms with Gasteiger partial charge in [0.1, 0.15) is 6.26 Å². The zero-order chi connectivity index (χ0) is 17.8. The summed E-state index contributed by atoms with van der Waals surface area (Å²) in [7, 11) is 0. The van der Waals surface area contributed by atoms with Gasteiger partial charge >= 0.3 is 0 Å². The first-order chi connectivity index (χ1) is 12.8. The molecule has 2 aromatic heterocycles. The fourth-order valence-electron chi connectivity index (χ4n) is 2.60. The van der Waals surface area contributed by atoms with E-state index in [4.69, 9.17) is 16.1 Å². The van der Waals surface area contributed by atoms with E-state index in [0.717, 1.165) is 22.2 Å². The average molecular weight is 383 g/mol. The highest BCUT2D eigenvalue weighted by atomic mass is 35.5. The van der Waals surface area contributed by atoms with Crippen molar-refractivity contribution in [3.8, 4) is 11.4 Å². The van der Waals surface area contributed by atoms with E-state index in [1.54, 1.807) is 18.0 Å². The lowest BCUT2D eigenvalue weighted by molar-refractivity contribution is 0.414. The minimum absolute atomic E-state index is 0.655. The third-order valence-corrected chi connectivity index (χ3v) is 5.19. The summed E-state index contributed by atoms with van der Waals surface area (Å²) in [4.78, 5) is 0. The highest BCUT2D eigenvalue weighted by molar-refractivity contribution is 7.98. The Morgan fingerprint density at radius 1 is 0.962 bits per heavy atom. The van der Waals surface area contributed by atoms with Crippen molar-refractivity contribution >= 4 is 23.4 Å². The Labute approximate surface area is 160 Å². The summed E-state index contributed by atoms with van der Waals surface area (Å²) in [6.07, 6.45) is 1.57. The summed E-state index contributed by atoms with van der Waals surface area (Å²) in [5.41, 5.74) is 2.90. The molecule has 0 amide bonds. The second-order valence-corrected chi connectivity index (χ2v) is 6.99. The second-order valence-electron chi connectivity index (χ2n) is 5.64. The van der Waals surface area contributed by atoms with Crippen molar-refractivity contribution in [3.05, 3.63) is 83.2 Å². The first-order valence-corrected chi connectivity index (χ1v) is 9.42. The normalized spacial score (nSPS) is 11.0. The van der Waals surface area contributed by atoms with Crippen LogP contribution in [0, 0.1) is 0 Å². The lowest BCUT2D eigenvalue weighted by Gasteiger charge is -2.11. The summed E-state index contributed by atoms with van der Waals surface area (Å²) in [5, 5.41) is 14.2. The van der Waals surface area contributed by atoms with E-state index in [9.17, 15) is 0 Å². The molecule has 2 heterocycles. The SMILES string of the molecule is Clc1ccccc1-c1nnc(SCc2ccon2)n1Cc1ccccc1. The molecule has 0 unspecified atom stereocenters. The van der Waals surface area contributed by atoms with Crippen molar-refractivity contribution < 1.29 is 4.52 Å². The van der Waals surface area contributed by atoms with Crippen LogP contribution >= 0.6 is 23.4 Å². The summed E-state index contributed by atoms with van der Waals surface area (Å²) in [5.74, 6) is 1.41. The quantitative estimate of drug-likeness (QED) is 0.443. The average Bonchev–Trinajstić information content (AvgIpc) is 3.32. The standard InChI is InChI=1S/C19H15ClN4OS/c20-17-9-5-4-8-16(17)18-21-22-19(26-13-15-10-11-25-23-15)24(18)12-14-6-2-1-3-7-14/h1-11H,12-13H2. The summed E-state index contributed by atoms with van der Waals surface area (Å²) in [6, 6.07) is 19.7. The lowest BCUT2D eigenvalue weighted by Crippen LogP contribution is -2.04. The number of nitrogens with zero attached hydrogens (tertiary/aromatic N) is 4. The second kappa shape index (κ2) is 7.76. The summed E-state index contributed by atoms with van der Waals surface area (Å²) < 4.78 is 6.98. The highest BCUT2D eigenvalue weighted by Crippen LogP contribution is 2.30. The molecule has 0 saturated heterocycles. The molecule has 7 heteroatoms. The predicted octanol–water partition coefficient (Wildman–Crippen LogP) is 4.93. The number of benzene rings is 2. The molecule has 2 aromatic carbocycles. The van der Waals surface area contributed by atoms with E-state index < -0.39 is 0 Å². The van der Waals surface area contributed by atoms with Crippen molar-refractivity contribution in [1.29, 1.82) is 0 Å². The van der Waals surface area contributed by atoms with E-state index >= 15 is 0 Å². The summed E-state index contributed by atoms with van der Waals surface area (Å²) >= 11 is 7.96. The van der Waals surface area contributed by atoms with Crippen LogP contribution in [0.1, 0.15) is 11.3 Å². The van der Waals surface area contributed by atoms with E-state index in [2.05, 4.69) is 32.1 Å². The maximum Gasteiger partial charge on any atom is 0.192 e. The maximum atomic E-state index is 6.39. The third kappa shape index (κ3) is 3.66. The van der Waals surface area contributed by atoms with Crippen LogP contribution in [0.5, 0.6) is 0 Å². The van der Waals surface area contributed by atoms with Crippen molar-refractivity contribution in [1.82, 2.24) is 19.9 Å². The smallest absolute Gasteiger partial charge is 0.192 e. The van der Waals surface area contributed by atoms with Crippen LogP contribution < -0.4 is 0 Å². The molecule has 4 rings (SSSR count). The minimum Gasteiger partial charge on any atom is -0.364 e. The van der Waals surface area contributed by atoms with E-state index in [-0.39, 0.29) is 0 Å². The maximum absolute atomic E-state index is 6.39. The van der Waals surface area contributed by atoms with Gasteiger partial charge in [-0.2, -0.15) is 0 Å².